The molecular weight excluding hydrogens is 140 g/mol. The van der Waals surface area contributed by atoms with Gasteiger partial charge in [-0.15, -0.1) is 0 Å². The number of carbonyl (C=O) groups is 1. The van der Waals surface area contributed by atoms with Gasteiger partial charge in [0.15, 0.2) is 12.1 Å². The van der Waals surface area contributed by atoms with Crippen molar-refractivity contribution in [3.63, 3.8) is 0 Å². The Labute approximate surface area is 67.2 Å². The molecule has 0 aliphatic rings. The Balaban J connectivity index is 0. The first-order valence-corrected chi connectivity index (χ1v) is 3.15. The standard InChI is InChI=1S/C6H12O.C2N2/c1-5(7)6(2,3)4;3-1-2-4/h1-4H3;. The fourth-order valence-electron chi connectivity index (χ4n) is 0. The van der Waals surface area contributed by atoms with Crippen LogP contribution < -0.4 is 0 Å². The lowest BCUT2D eigenvalue weighted by Gasteiger charge is -2.11. The van der Waals surface area contributed by atoms with Gasteiger partial charge in [0.2, 0.25) is 0 Å². The van der Waals surface area contributed by atoms with Crippen molar-refractivity contribution in [2.45, 2.75) is 27.7 Å². The highest BCUT2D eigenvalue weighted by Crippen LogP contribution is 2.12. The van der Waals surface area contributed by atoms with Crippen LogP contribution in [0.3, 0.4) is 0 Å². The third-order valence-corrected chi connectivity index (χ3v) is 1.11. The van der Waals surface area contributed by atoms with Crippen LogP contribution in [0.4, 0.5) is 0 Å². The summed E-state index contributed by atoms with van der Waals surface area (Å²) in [6.45, 7) is 7.35. The van der Waals surface area contributed by atoms with Crippen molar-refractivity contribution in [1.29, 1.82) is 10.5 Å². The number of Topliss-reactive ketones (excluding diaryl/α,β-unsaturated/α-hetero) is 1. The summed E-state index contributed by atoms with van der Waals surface area (Å²) in [6, 6.07) is 2.47. The monoisotopic (exact) mass is 152 g/mol. The molecule has 0 N–H and O–H groups in total. The zero-order chi connectivity index (χ0) is 9.49. The van der Waals surface area contributed by atoms with E-state index in [1.54, 1.807) is 6.92 Å². The largest absolute Gasteiger partial charge is 0.299 e. The number of nitrogens with zero attached hydrogens (tertiary/aromatic N) is 2. The smallest absolute Gasteiger partial charge is 0.181 e. The van der Waals surface area contributed by atoms with Gasteiger partial charge in [-0.3, -0.25) is 4.79 Å². The maximum Gasteiger partial charge on any atom is 0.181 e. The summed E-state index contributed by atoms with van der Waals surface area (Å²) in [5, 5.41) is 14.5. The maximum absolute atomic E-state index is 10.5. The fraction of sp³-hybridized carbons (Fsp3) is 0.625. The molecule has 0 spiro atoms. The van der Waals surface area contributed by atoms with E-state index in [2.05, 4.69) is 0 Å². The number of hydrogen-bond acceptors (Lipinski definition) is 3. The highest BCUT2D eigenvalue weighted by Gasteiger charge is 2.14. The van der Waals surface area contributed by atoms with E-state index in [0.29, 0.717) is 0 Å². The van der Waals surface area contributed by atoms with Crippen LogP contribution in [0.2, 0.25) is 0 Å². The Morgan fingerprint density at radius 3 is 1.36 bits per heavy atom. The minimum Gasteiger partial charge on any atom is -0.299 e. The van der Waals surface area contributed by atoms with Gasteiger partial charge < -0.3 is 0 Å². The van der Waals surface area contributed by atoms with Crippen molar-refractivity contribution in [2.24, 2.45) is 5.41 Å². The molecule has 60 valence electrons. The van der Waals surface area contributed by atoms with Crippen LogP contribution >= 0.6 is 0 Å². The fourth-order valence-corrected chi connectivity index (χ4v) is 0. The maximum atomic E-state index is 10.5. The lowest BCUT2D eigenvalue weighted by molar-refractivity contribution is -0.124. The van der Waals surface area contributed by atoms with Crippen LogP contribution in [0.5, 0.6) is 0 Å². The summed E-state index contributed by atoms with van der Waals surface area (Å²) in [5.74, 6) is 0.243. The minimum absolute atomic E-state index is 0.139. The Morgan fingerprint density at radius 1 is 1.18 bits per heavy atom. The minimum atomic E-state index is -0.139. The molecule has 3 nitrogen and oxygen atoms in total. The Bertz CT molecular complexity index is 188. The van der Waals surface area contributed by atoms with Gasteiger partial charge in [0.05, 0.1) is 0 Å². The van der Waals surface area contributed by atoms with Crippen molar-refractivity contribution in [1.82, 2.24) is 0 Å². The van der Waals surface area contributed by atoms with E-state index in [1.807, 2.05) is 20.8 Å². The van der Waals surface area contributed by atoms with Gasteiger partial charge in [-0.05, 0) is 6.92 Å². The molecule has 0 heterocycles. The van der Waals surface area contributed by atoms with Crippen LogP contribution in [0.15, 0.2) is 0 Å². The lowest BCUT2D eigenvalue weighted by atomic mass is 9.92. The third kappa shape index (κ3) is 12.0. The second-order valence-corrected chi connectivity index (χ2v) is 3.03. The SMILES string of the molecule is CC(=O)C(C)(C)C.N#CC#N. The normalized spacial score (nSPS) is 8.18. The molecule has 0 aromatic rings. The Hall–Kier alpha value is -1.35. The van der Waals surface area contributed by atoms with E-state index in [-0.39, 0.29) is 11.2 Å². The van der Waals surface area contributed by atoms with Gasteiger partial charge in [0, 0.05) is 5.41 Å². The summed E-state index contributed by atoms with van der Waals surface area (Å²) in [4.78, 5) is 10.5. The third-order valence-electron chi connectivity index (χ3n) is 1.11. The first kappa shape index (κ1) is 12.3. The van der Waals surface area contributed by atoms with E-state index >= 15 is 0 Å². The van der Waals surface area contributed by atoms with Crippen molar-refractivity contribution >= 4 is 5.78 Å². The molecule has 0 unspecified atom stereocenters. The van der Waals surface area contributed by atoms with E-state index < -0.39 is 0 Å². The highest BCUT2D eigenvalue weighted by molar-refractivity contribution is 5.80. The molecule has 0 amide bonds. The zero-order valence-corrected chi connectivity index (χ0v) is 7.30. The van der Waals surface area contributed by atoms with Gasteiger partial charge in [0.25, 0.3) is 0 Å². The molecule has 0 saturated carbocycles. The van der Waals surface area contributed by atoms with Crippen LogP contribution in [-0.4, -0.2) is 5.78 Å². The van der Waals surface area contributed by atoms with Crippen molar-refractivity contribution in [3.8, 4) is 12.1 Å². The van der Waals surface area contributed by atoms with E-state index in [4.69, 9.17) is 10.5 Å². The molecule has 11 heavy (non-hydrogen) atoms. The topological polar surface area (TPSA) is 64.7 Å². The van der Waals surface area contributed by atoms with Crippen LogP contribution in [0, 0.1) is 28.1 Å². The molecule has 0 aliphatic carbocycles. The molecule has 0 saturated heterocycles. The second-order valence-electron chi connectivity index (χ2n) is 3.03. The summed E-state index contributed by atoms with van der Waals surface area (Å²) >= 11 is 0. The molecule has 0 atom stereocenters. The second kappa shape index (κ2) is 5.44. The molecule has 0 radical (unpaired) electrons. The van der Waals surface area contributed by atoms with Gasteiger partial charge in [0.1, 0.15) is 5.78 Å². The lowest BCUT2D eigenvalue weighted by Crippen LogP contribution is -2.15. The number of ketones is 1. The van der Waals surface area contributed by atoms with Crippen LogP contribution in [-0.2, 0) is 4.79 Å². The predicted octanol–water partition coefficient (Wildman–Crippen LogP) is 1.66. The molecule has 0 aromatic carbocycles. The van der Waals surface area contributed by atoms with Crippen molar-refractivity contribution < 1.29 is 4.79 Å². The molecule has 0 rings (SSSR count). The average molecular weight is 152 g/mol. The summed E-state index contributed by atoms with van der Waals surface area (Å²) in [6.07, 6.45) is 0. The Morgan fingerprint density at radius 2 is 1.36 bits per heavy atom. The number of nitriles is 2. The molecule has 0 fully saturated rings. The molecule has 0 aromatic heterocycles. The summed E-state index contributed by atoms with van der Waals surface area (Å²) < 4.78 is 0. The van der Waals surface area contributed by atoms with Gasteiger partial charge in [-0.2, -0.15) is 10.5 Å². The number of hydrogen-bond donors (Lipinski definition) is 0. The van der Waals surface area contributed by atoms with Crippen LogP contribution in [0.25, 0.3) is 0 Å². The van der Waals surface area contributed by atoms with Crippen molar-refractivity contribution in [3.05, 3.63) is 0 Å². The van der Waals surface area contributed by atoms with Gasteiger partial charge in [-0.25, -0.2) is 0 Å². The first-order valence-electron chi connectivity index (χ1n) is 3.15. The zero-order valence-electron chi connectivity index (χ0n) is 7.30. The summed E-state index contributed by atoms with van der Waals surface area (Å²) in [7, 11) is 0. The molecule has 0 bridgehead atoms. The average Bonchev–Trinajstić information content (AvgIpc) is 1.87. The van der Waals surface area contributed by atoms with E-state index in [1.165, 1.54) is 12.1 Å². The first-order chi connectivity index (χ1) is 4.86. The molecule has 0 aliphatic heterocycles. The predicted molar refractivity (Wildman–Crippen MR) is 41.4 cm³/mol. The Kier molecular flexibility index (Phi) is 6.10. The summed E-state index contributed by atoms with van der Waals surface area (Å²) in [5.41, 5.74) is -0.139. The quantitative estimate of drug-likeness (QED) is 0.530. The number of carbonyl (C=O) groups excluding carboxylic acids is 1. The number of rotatable bonds is 0. The van der Waals surface area contributed by atoms with Gasteiger partial charge >= 0.3 is 0 Å². The molecule has 3 heteroatoms. The van der Waals surface area contributed by atoms with E-state index in [9.17, 15) is 4.79 Å². The van der Waals surface area contributed by atoms with Crippen molar-refractivity contribution in [2.75, 3.05) is 0 Å². The molecular formula is C8H12N2O. The highest BCUT2D eigenvalue weighted by atomic mass is 16.1. The van der Waals surface area contributed by atoms with E-state index in [0.717, 1.165) is 0 Å². The van der Waals surface area contributed by atoms with Crippen LogP contribution in [0.1, 0.15) is 27.7 Å². The van der Waals surface area contributed by atoms with Gasteiger partial charge in [-0.1, -0.05) is 20.8 Å².